The highest BCUT2D eigenvalue weighted by molar-refractivity contribution is 5.71. The lowest BCUT2D eigenvalue weighted by Gasteiger charge is -2.18. The average molecular weight is 1070 g/mol. The van der Waals surface area contributed by atoms with Gasteiger partial charge in [0, 0.05) is 19.3 Å². The molecule has 0 saturated carbocycles. The number of ether oxygens (including phenoxy) is 3. The topological polar surface area (TPSA) is 78.9 Å². The lowest BCUT2D eigenvalue weighted by Crippen LogP contribution is -2.30. The summed E-state index contributed by atoms with van der Waals surface area (Å²) in [5.41, 5.74) is 0. The smallest absolute Gasteiger partial charge is 0.306 e. The molecule has 77 heavy (non-hydrogen) atoms. The van der Waals surface area contributed by atoms with Gasteiger partial charge in [0.05, 0.1) is 0 Å². The third-order valence-corrected chi connectivity index (χ3v) is 14.4. The molecule has 444 valence electrons. The number of carbonyl (C=O) groups is 3. The summed E-state index contributed by atoms with van der Waals surface area (Å²) in [5.74, 6) is -0.908. The first-order chi connectivity index (χ1) is 38.0. The molecular weight excluding hydrogens is 949 g/mol. The second kappa shape index (κ2) is 65.1. The molecule has 6 heteroatoms. The summed E-state index contributed by atoms with van der Waals surface area (Å²) in [6.45, 7) is 6.53. The van der Waals surface area contributed by atoms with Gasteiger partial charge in [0.25, 0.3) is 0 Å². The summed E-state index contributed by atoms with van der Waals surface area (Å²) >= 11 is 0. The summed E-state index contributed by atoms with van der Waals surface area (Å²) < 4.78 is 16.9. The monoisotopic (exact) mass is 1070 g/mol. The van der Waals surface area contributed by atoms with Gasteiger partial charge in [-0.15, -0.1) is 0 Å². The zero-order valence-electron chi connectivity index (χ0n) is 51.0. The molecule has 0 heterocycles. The van der Waals surface area contributed by atoms with E-state index in [0.29, 0.717) is 19.3 Å². The minimum absolute atomic E-state index is 0.0869. The van der Waals surface area contributed by atoms with Crippen LogP contribution in [0, 0.1) is 0 Å². The minimum Gasteiger partial charge on any atom is -0.462 e. The van der Waals surface area contributed by atoms with Gasteiger partial charge in [0.15, 0.2) is 6.10 Å². The Kier molecular flexibility index (Phi) is 62.2. The van der Waals surface area contributed by atoms with Crippen LogP contribution in [0.3, 0.4) is 0 Å². The fraction of sp³-hybridized carbons (Fsp3) is 0.761. The van der Waals surface area contributed by atoms with Crippen LogP contribution in [0.25, 0.3) is 0 Å². The zero-order valence-corrected chi connectivity index (χ0v) is 51.0. The number of allylic oxidation sites excluding steroid dienone is 14. The van der Waals surface area contributed by atoms with E-state index in [1.54, 1.807) is 0 Å². The first-order valence-electron chi connectivity index (χ1n) is 33.1. The number of carbonyl (C=O) groups excluding carboxylic acids is 3. The molecule has 0 aromatic rings. The van der Waals surface area contributed by atoms with Crippen molar-refractivity contribution in [2.75, 3.05) is 13.2 Å². The molecule has 0 spiro atoms. The van der Waals surface area contributed by atoms with E-state index < -0.39 is 6.10 Å². The fourth-order valence-electron chi connectivity index (χ4n) is 9.40. The van der Waals surface area contributed by atoms with Gasteiger partial charge in [-0.05, 0) is 116 Å². The predicted molar refractivity (Wildman–Crippen MR) is 334 cm³/mol. The molecule has 0 fully saturated rings. The van der Waals surface area contributed by atoms with Crippen molar-refractivity contribution in [2.24, 2.45) is 0 Å². The Morgan fingerprint density at radius 1 is 0.273 bits per heavy atom. The van der Waals surface area contributed by atoms with Gasteiger partial charge in [-0.2, -0.15) is 0 Å². The molecular formula is C71H124O6. The van der Waals surface area contributed by atoms with Gasteiger partial charge >= 0.3 is 17.9 Å². The van der Waals surface area contributed by atoms with Gasteiger partial charge < -0.3 is 14.2 Å². The van der Waals surface area contributed by atoms with Crippen LogP contribution < -0.4 is 0 Å². The summed E-state index contributed by atoms with van der Waals surface area (Å²) in [4.78, 5) is 38.4. The maximum Gasteiger partial charge on any atom is 0.306 e. The fourth-order valence-corrected chi connectivity index (χ4v) is 9.40. The first-order valence-corrected chi connectivity index (χ1v) is 33.1. The van der Waals surface area contributed by atoms with Gasteiger partial charge in [0.2, 0.25) is 0 Å². The molecule has 1 atom stereocenters. The van der Waals surface area contributed by atoms with E-state index in [1.807, 2.05) is 0 Å². The van der Waals surface area contributed by atoms with E-state index in [2.05, 4.69) is 106 Å². The van der Waals surface area contributed by atoms with Crippen molar-refractivity contribution in [1.82, 2.24) is 0 Å². The van der Waals surface area contributed by atoms with Crippen molar-refractivity contribution in [2.45, 2.75) is 335 Å². The first kappa shape index (κ1) is 73.6. The summed E-state index contributed by atoms with van der Waals surface area (Å²) in [7, 11) is 0. The third-order valence-electron chi connectivity index (χ3n) is 14.4. The van der Waals surface area contributed by atoms with Crippen molar-refractivity contribution < 1.29 is 28.6 Å². The summed E-state index contributed by atoms with van der Waals surface area (Å²) in [6.07, 6.45) is 85.9. The predicted octanol–water partition coefficient (Wildman–Crippen LogP) is 22.7. The Morgan fingerprint density at radius 2 is 0.506 bits per heavy atom. The molecule has 0 rings (SSSR count). The standard InChI is InChI=1S/C71H124O6/c1-4-7-10-13-16-19-22-25-28-31-34-35-38-41-44-47-50-53-56-59-62-65-71(74)77-68(66-75-69(72)63-60-57-54-51-48-45-42-39-36-32-29-26-23-20-17-14-11-8-5-2)67-76-70(73)64-61-58-55-52-49-46-43-40-37-33-30-27-24-21-18-15-12-9-6-3/h8,11,17,20,25-30,36,39,45,48,68H,4-7,9-10,12-16,18-19,21-24,31-35,37-38,40-44,46-47,49-67H2,1-3H3/b11-8-,20-17-,28-25-,29-26-,30-27-,39-36-,48-45-/t68-/m1/s1. The average Bonchev–Trinajstić information content (AvgIpc) is 3.43. The van der Waals surface area contributed by atoms with Crippen LogP contribution in [-0.2, 0) is 28.6 Å². The lowest BCUT2D eigenvalue weighted by molar-refractivity contribution is -0.167. The van der Waals surface area contributed by atoms with Crippen molar-refractivity contribution >= 4 is 17.9 Å². The van der Waals surface area contributed by atoms with E-state index in [-0.39, 0.29) is 31.1 Å². The SMILES string of the molecule is CC/C=C\C/C=C\C/C=C\C/C=C\C/C=C\CCCCCC(=O)OC[C@H](COC(=O)CCCCCCCCCCC/C=C\CCCCCCCC)OC(=O)CCCCCCCCCCCCC/C=C\CCCCCCCC. The Bertz CT molecular complexity index is 1470. The van der Waals surface area contributed by atoms with E-state index in [0.717, 1.165) is 96.3 Å². The van der Waals surface area contributed by atoms with Crippen LogP contribution in [-0.4, -0.2) is 37.2 Å². The second-order valence-electron chi connectivity index (χ2n) is 22.0. The number of esters is 3. The van der Waals surface area contributed by atoms with Crippen molar-refractivity contribution in [3.63, 3.8) is 0 Å². The molecule has 0 aliphatic heterocycles. The molecule has 0 aromatic carbocycles. The molecule has 0 N–H and O–H groups in total. The van der Waals surface area contributed by atoms with Gasteiger partial charge in [-0.25, -0.2) is 0 Å². The maximum absolute atomic E-state index is 12.9. The minimum atomic E-state index is -0.793. The van der Waals surface area contributed by atoms with Crippen LogP contribution in [0.1, 0.15) is 329 Å². The quantitative estimate of drug-likeness (QED) is 0.0261. The van der Waals surface area contributed by atoms with E-state index in [9.17, 15) is 14.4 Å². The van der Waals surface area contributed by atoms with Gasteiger partial charge in [0.1, 0.15) is 13.2 Å². The number of unbranched alkanes of at least 4 members (excludes halogenated alkanes) is 35. The van der Waals surface area contributed by atoms with Crippen molar-refractivity contribution in [1.29, 1.82) is 0 Å². The number of hydrogen-bond acceptors (Lipinski definition) is 6. The Labute approximate surface area is 477 Å². The van der Waals surface area contributed by atoms with E-state index in [1.165, 1.54) is 193 Å². The third kappa shape index (κ3) is 63.3. The number of hydrogen-bond donors (Lipinski definition) is 0. The Hall–Kier alpha value is -3.41. The van der Waals surface area contributed by atoms with Gasteiger partial charge in [-0.3, -0.25) is 14.4 Å². The van der Waals surface area contributed by atoms with Crippen LogP contribution in [0.5, 0.6) is 0 Å². The molecule has 0 aliphatic carbocycles. The molecule has 0 aliphatic rings. The lowest BCUT2D eigenvalue weighted by atomic mass is 10.0. The largest absolute Gasteiger partial charge is 0.462 e. The van der Waals surface area contributed by atoms with Crippen molar-refractivity contribution in [3.05, 3.63) is 85.1 Å². The summed E-state index contributed by atoms with van der Waals surface area (Å²) in [5, 5.41) is 0. The van der Waals surface area contributed by atoms with E-state index in [4.69, 9.17) is 14.2 Å². The van der Waals surface area contributed by atoms with Crippen LogP contribution in [0.4, 0.5) is 0 Å². The Morgan fingerprint density at radius 3 is 0.818 bits per heavy atom. The maximum atomic E-state index is 12.9. The van der Waals surface area contributed by atoms with Crippen molar-refractivity contribution in [3.8, 4) is 0 Å². The van der Waals surface area contributed by atoms with E-state index >= 15 is 0 Å². The highest BCUT2D eigenvalue weighted by Crippen LogP contribution is 2.16. The van der Waals surface area contributed by atoms with Gasteiger partial charge in [-0.1, -0.05) is 279 Å². The molecule has 0 amide bonds. The van der Waals surface area contributed by atoms with Crippen LogP contribution in [0.2, 0.25) is 0 Å². The molecule has 0 aromatic heterocycles. The second-order valence-corrected chi connectivity index (χ2v) is 22.0. The summed E-state index contributed by atoms with van der Waals surface area (Å²) in [6, 6.07) is 0. The number of rotatable bonds is 60. The molecule has 0 saturated heterocycles. The Balaban J connectivity index is 4.42. The van der Waals surface area contributed by atoms with Crippen LogP contribution in [0.15, 0.2) is 85.1 Å². The molecule has 6 nitrogen and oxygen atoms in total. The zero-order chi connectivity index (χ0) is 55.7. The van der Waals surface area contributed by atoms with Crippen LogP contribution >= 0.6 is 0 Å². The molecule has 0 unspecified atom stereocenters. The highest BCUT2D eigenvalue weighted by Gasteiger charge is 2.19. The highest BCUT2D eigenvalue weighted by atomic mass is 16.6. The molecule has 0 bridgehead atoms. The molecule has 0 radical (unpaired) electrons. The normalized spacial score (nSPS) is 12.6.